The normalized spacial score (nSPS) is 10.6. The van der Waals surface area contributed by atoms with Crippen molar-refractivity contribution in [3.05, 3.63) is 53.0 Å². The lowest BCUT2D eigenvalue weighted by Gasteiger charge is -2.06. The second kappa shape index (κ2) is 8.92. The van der Waals surface area contributed by atoms with Gasteiger partial charge in [0.2, 0.25) is 11.6 Å². The third-order valence-corrected chi connectivity index (χ3v) is 5.32. The van der Waals surface area contributed by atoms with Crippen LogP contribution in [-0.2, 0) is 4.79 Å². The number of anilines is 1. The third-order valence-electron chi connectivity index (χ3n) is 3.61. The van der Waals surface area contributed by atoms with E-state index in [9.17, 15) is 9.90 Å². The van der Waals surface area contributed by atoms with Gasteiger partial charge in [-0.2, -0.15) is 0 Å². The van der Waals surface area contributed by atoms with Gasteiger partial charge in [-0.15, -0.1) is 0 Å². The molecule has 27 heavy (non-hydrogen) atoms. The standard InChI is InChI=1S/C18H16BrN3O4S/c1-25-13-8-6-12(7-9-13)22-17(18(24)26-21-22)27-11-10-16(23)20-15-5-3-2-4-14(15)19/h2-9H,10-11H2,1H3,(H-,20,21,23,24). The Morgan fingerprint density at radius 2 is 2.04 bits per heavy atom. The number of nitrogens with one attached hydrogen (secondary N) is 1. The molecule has 0 spiro atoms. The van der Waals surface area contributed by atoms with E-state index in [0.717, 1.165) is 4.47 Å². The Hall–Kier alpha value is -2.52. The molecule has 9 heteroatoms. The summed E-state index contributed by atoms with van der Waals surface area (Å²) in [5.41, 5.74) is 1.37. The third kappa shape index (κ3) is 4.81. The first-order chi connectivity index (χ1) is 13.1. The molecule has 0 bridgehead atoms. The van der Waals surface area contributed by atoms with Gasteiger partial charge in [-0.1, -0.05) is 23.9 Å². The van der Waals surface area contributed by atoms with Gasteiger partial charge >= 0.3 is 0 Å². The number of hydrogen-bond acceptors (Lipinski definition) is 6. The molecule has 140 valence electrons. The van der Waals surface area contributed by atoms with Crippen molar-refractivity contribution < 1.29 is 23.8 Å². The van der Waals surface area contributed by atoms with Crippen LogP contribution in [0.2, 0.25) is 0 Å². The summed E-state index contributed by atoms with van der Waals surface area (Å²) in [7, 11) is 1.58. The number of para-hydroxylation sites is 1. The molecular weight excluding hydrogens is 434 g/mol. The minimum atomic E-state index is -0.540. The van der Waals surface area contributed by atoms with Gasteiger partial charge in [0.15, 0.2) is 5.95 Å². The van der Waals surface area contributed by atoms with Crippen molar-refractivity contribution in [3.63, 3.8) is 0 Å². The zero-order valence-corrected chi connectivity index (χ0v) is 16.7. The van der Waals surface area contributed by atoms with Crippen molar-refractivity contribution in [2.45, 2.75) is 11.4 Å². The van der Waals surface area contributed by atoms with Crippen LogP contribution in [-0.4, -0.2) is 24.0 Å². The smallest absolute Gasteiger partial charge is 0.297 e. The fraction of sp³-hybridized carbons (Fsp3) is 0.167. The molecule has 1 aromatic heterocycles. The van der Waals surface area contributed by atoms with Crippen molar-refractivity contribution in [2.24, 2.45) is 0 Å². The quantitative estimate of drug-likeness (QED) is 0.440. The number of thioether (sulfide) groups is 1. The van der Waals surface area contributed by atoms with Crippen LogP contribution in [0, 0.1) is 0 Å². The molecule has 1 N–H and O–H groups in total. The van der Waals surface area contributed by atoms with Crippen molar-refractivity contribution >= 4 is 39.3 Å². The predicted molar refractivity (Wildman–Crippen MR) is 102 cm³/mol. The summed E-state index contributed by atoms with van der Waals surface area (Å²) in [6.45, 7) is 0. The number of carbonyl (C=O) groups is 1. The monoisotopic (exact) mass is 449 g/mol. The highest BCUT2D eigenvalue weighted by molar-refractivity contribution is 9.10. The second-order valence-corrected chi connectivity index (χ2v) is 7.34. The zero-order chi connectivity index (χ0) is 19.2. The van der Waals surface area contributed by atoms with Gasteiger partial charge in [-0.05, 0) is 44.9 Å². The number of aromatic nitrogens is 2. The Labute approximate surface area is 168 Å². The first-order valence-corrected chi connectivity index (χ1v) is 9.77. The maximum absolute atomic E-state index is 12.1. The highest BCUT2D eigenvalue weighted by Crippen LogP contribution is 2.25. The average molecular weight is 450 g/mol. The van der Waals surface area contributed by atoms with Crippen molar-refractivity contribution in [3.8, 4) is 17.4 Å². The first-order valence-electron chi connectivity index (χ1n) is 7.99. The molecule has 3 aromatic rings. The fourth-order valence-electron chi connectivity index (χ4n) is 2.26. The van der Waals surface area contributed by atoms with E-state index in [-0.39, 0.29) is 12.3 Å². The maximum atomic E-state index is 12.1. The van der Waals surface area contributed by atoms with Gasteiger partial charge in [0.25, 0.3) is 5.03 Å². The topological polar surface area (TPSA) is 91.3 Å². The Balaban J connectivity index is 1.62. The Kier molecular flexibility index (Phi) is 6.36. The lowest BCUT2D eigenvalue weighted by atomic mass is 10.3. The fourth-order valence-corrected chi connectivity index (χ4v) is 3.54. The summed E-state index contributed by atoms with van der Waals surface area (Å²) in [6, 6.07) is 14.4. The lowest BCUT2D eigenvalue weighted by Crippen LogP contribution is -2.34. The highest BCUT2D eigenvalue weighted by atomic mass is 79.9. The molecule has 0 radical (unpaired) electrons. The van der Waals surface area contributed by atoms with Crippen LogP contribution >= 0.6 is 27.7 Å². The molecule has 1 heterocycles. The van der Waals surface area contributed by atoms with Crippen molar-refractivity contribution in [2.75, 3.05) is 18.2 Å². The molecule has 1 amide bonds. The molecule has 3 rings (SSSR count). The predicted octanol–water partition coefficient (Wildman–Crippen LogP) is 2.92. The van der Waals surface area contributed by atoms with E-state index in [1.807, 2.05) is 24.3 Å². The minimum absolute atomic E-state index is 0.144. The number of rotatable bonds is 7. The average Bonchev–Trinajstić information content (AvgIpc) is 3.04. The number of halogens is 1. The summed E-state index contributed by atoms with van der Waals surface area (Å²) in [6.07, 6.45) is 0.235. The minimum Gasteiger partial charge on any atom is -0.538 e. The highest BCUT2D eigenvalue weighted by Gasteiger charge is 2.21. The summed E-state index contributed by atoms with van der Waals surface area (Å²) >= 11 is 4.60. The lowest BCUT2D eigenvalue weighted by molar-refractivity contribution is -0.705. The van der Waals surface area contributed by atoms with Gasteiger partial charge in [0.05, 0.1) is 18.1 Å². The molecule has 0 atom stereocenters. The number of amides is 1. The van der Waals surface area contributed by atoms with Gasteiger partial charge in [0, 0.05) is 28.8 Å². The van der Waals surface area contributed by atoms with E-state index in [4.69, 9.17) is 9.26 Å². The Morgan fingerprint density at radius 1 is 1.30 bits per heavy atom. The zero-order valence-electron chi connectivity index (χ0n) is 14.3. The number of hydrogen-bond donors (Lipinski definition) is 1. The van der Waals surface area contributed by atoms with Gasteiger partial charge in [-0.25, -0.2) is 0 Å². The molecule has 0 saturated carbocycles. The van der Waals surface area contributed by atoms with Crippen LogP contribution in [0.3, 0.4) is 0 Å². The summed E-state index contributed by atoms with van der Waals surface area (Å²) in [5.74, 6) is 0.419. The van der Waals surface area contributed by atoms with E-state index < -0.39 is 5.95 Å². The van der Waals surface area contributed by atoms with Crippen molar-refractivity contribution in [1.82, 2.24) is 5.27 Å². The Bertz CT molecular complexity index is 931. The molecule has 0 saturated heterocycles. The number of ether oxygens (including phenoxy) is 1. The van der Waals surface area contributed by atoms with Crippen LogP contribution in [0.25, 0.3) is 5.69 Å². The molecule has 0 aliphatic rings. The number of methoxy groups -OCH3 is 1. The molecule has 7 nitrogen and oxygen atoms in total. The molecule has 0 fully saturated rings. The van der Waals surface area contributed by atoms with Gasteiger partial charge < -0.3 is 19.7 Å². The van der Waals surface area contributed by atoms with E-state index >= 15 is 0 Å². The van der Waals surface area contributed by atoms with E-state index in [0.29, 0.717) is 27.9 Å². The van der Waals surface area contributed by atoms with Crippen LogP contribution in [0.5, 0.6) is 11.7 Å². The van der Waals surface area contributed by atoms with Gasteiger partial charge in [0.1, 0.15) is 5.75 Å². The molecule has 0 aliphatic heterocycles. The van der Waals surface area contributed by atoms with Crippen LogP contribution in [0.4, 0.5) is 5.69 Å². The first kappa shape index (κ1) is 19.2. The maximum Gasteiger partial charge on any atom is 0.297 e. The summed E-state index contributed by atoms with van der Waals surface area (Å²) in [5, 5.41) is 18.9. The van der Waals surface area contributed by atoms with Crippen LogP contribution in [0.1, 0.15) is 6.42 Å². The molecule has 0 unspecified atom stereocenters. The molecule has 0 aliphatic carbocycles. The van der Waals surface area contributed by atoms with E-state index in [2.05, 4.69) is 26.5 Å². The number of nitrogens with zero attached hydrogens (tertiary/aromatic N) is 2. The van der Waals surface area contributed by atoms with Gasteiger partial charge in [-0.3, -0.25) is 4.79 Å². The number of carbonyl (C=O) groups excluding carboxylic acids is 1. The number of benzene rings is 2. The SMILES string of the molecule is COc1ccc(-[n+]2noc([O-])c2SCCC(=O)Nc2ccccc2Br)cc1. The van der Waals surface area contributed by atoms with E-state index in [1.165, 1.54) is 16.4 Å². The summed E-state index contributed by atoms with van der Waals surface area (Å²) < 4.78 is 12.1. The second-order valence-electron chi connectivity index (χ2n) is 5.40. The van der Waals surface area contributed by atoms with Crippen LogP contribution in [0.15, 0.2) is 62.6 Å². The van der Waals surface area contributed by atoms with Crippen LogP contribution < -0.4 is 19.8 Å². The molecule has 2 aromatic carbocycles. The van der Waals surface area contributed by atoms with Crippen molar-refractivity contribution in [1.29, 1.82) is 0 Å². The summed E-state index contributed by atoms with van der Waals surface area (Å²) in [4.78, 5) is 12.1. The van der Waals surface area contributed by atoms with E-state index in [1.54, 1.807) is 31.4 Å². The molecular formula is C18H16BrN3O4S. The largest absolute Gasteiger partial charge is 0.538 e. The Morgan fingerprint density at radius 3 is 2.74 bits per heavy atom.